The monoisotopic (exact) mass is 363 g/mol. The number of benzene rings is 2. The minimum Gasteiger partial charge on any atom is -0.279 e. The van der Waals surface area contributed by atoms with Crippen LogP contribution in [-0.4, -0.2) is 36.1 Å². The van der Waals surface area contributed by atoms with E-state index in [0.717, 1.165) is 12.3 Å². The Hall–Kier alpha value is -2.22. The molecule has 2 aromatic rings. The van der Waals surface area contributed by atoms with Crippen LogP contribution < -0.4 is 0 Å². The Balaban J connectivity index is 2.38. The van der Waals surface area contributed by atoms with Gasteiger partial charge in [-0.15, -0.1) is 0 Å². The second-order valence-electron chi connectivity index (χ2n) is 7.81. The van der Waals surface area contributed by atoms with Crippen molar-refractivity contribution in [3.63, 3.8) is 0 Å². The van der Waals surface area contributed by atoms with E-state index in [1.54, 1.807) is 0 Å². The molecule has 2 rings (SSSR count). The largest absolute Gasteiger partial charge is 0.279 e. The Morgan fingerprint density at radius 1 is 1.00 bits per heavy atom. The van der Waals surface area contributed by atoms with Crippen molar-refractivity contribution in [2.75, 3.05) is 13.6 Å². The van der Waals surface area contributed by atoms with E-state index in [1.807, 2.05) is 0 Å². The Labute approximate surface area is 165 Å². The van der Waals surface area contributed by atoms with Crippen molar-refractivity contribution in [2.45, 2.75) is 60.4 Å². The predicted octanol–water partition coefficient (Wildman–Crippen LogP) is 5.63. The quantitative estimate of drug-likeness (QED) is 0.466. The smallest absolute Gasteiger partial charge is 0.189 e. The molecule has 0 aliphatic heterocycles. The number of hydrogen-bond acceptors (Lipinski definition) is 1. The summed E-state index contributed by atoms with van der Waals surface area (Å²) in [4.78, 5) is 4.82. The molecule has 0 N–H and O–H groups in total. The van der Waals surface area contributed by atoms with Gasteiger partial charge < -0.3 is 0 Å². The highest BCUT2D eigenvalue weighted by Crippen LogP contribution is 2.25. The molecule has 0 saturated carbocycles. The summed E-state index contributed by atoms with van der Waals surface area (Å²) >= 11 is 0. The van der Waals surface area contributed by atoms with Gasteiger partial charge in [-0.1, -0.05) is 48.9 Å². The summed E-state index contributed by atoms with van der Waals surface area (Å²) in [5, 5.41) is 0. The highest BCUT2D eigenvalue weighted by atomic mass is 15.0. The predicted molar refractivity (Wildman–Crippen MR) is 119 cm³/mol. The number of nitrogens with zero attached hydrogens (tertiary/aromatic N) is 2. The number of aliphatic imine (C=N–C) groups is 1. The Bertz CT molecular complexity index is 838. The van der Waals surface area contributed by atoms with Crippen LogP contribution in [-0.2, 0) is 0 Å². The van der Waals surface area contributed by atoms with Gasteiger partial charge in [0.05, 0.1) is 0 Å². The van der Waals surface area contributed by atoms with Crippen LogP contribution in [0.15, 0.2) is 41.4 Å². The maximum atomic E-state index is 4.82. The lowest BCUT2D eigenvalue weighted by molar-refractivity contribution is -0.531. The van der Waals surface area contributed by atoms with Crippen LogP contribution in [0.1, 0.15) is 60.1 Å². The molecular weight excluding hydrogens is 328 g/mol. The summed E-state index contributed by atoms with van der Waals surface area (Å²) in [6, 6.07) is 13.6. The van der Waals surface area contributed by atoms with Gasteiger partial charge in [-0.25, -0.2) is 4.58 Å². The third-order valence-corrected chi connectivity index (χ3v) is 5.67. The van der Waals surface area contributed by atoms with Crippen molar-refractivity contribution in [3.05, 3.63) is 69.8 Å². The molecule has 144 valence electrons. The Morgan fingerprint density at radius 2 is 1.63 bits per heavy atom. The first kappa shape index (κ1) is 21.1. The normalized spacial score (nSPS) is 15.0. The average Bonchev–Trinajstić information content (AvgIpc) is 2.60. The lowest BCUT2D eigenvalue weighted by Crippen LogP contribution is -2.29. The van der Waals surface area contributed by atoms with Gasteiger partial charge >= 0.3 is 0 Å². The molecule has 2 aromatic carbocycles. The van der Waals surface area contributed by atoms with Gasteiger partial charge in [0.25, 0.3) is 0 Å². The molecule has 2 heteroatoms. The first-order chi connectivity index (χ1) is 12.8. The molecule has 0 spiro atoms. The minimum absolute atomic E-state index is 0.373. The number of likely N-dealkylation sites (N-methyl/N-ethyl adjacent to an activating group) is 1. The fourth-order valence-electron chi connectivity index (χ4n) is 3.83. The zero-order chi connectivity index (χ0) is 20.1. The van der Waals surface area contributed by atoms with E-state index < -0.39 is 0 Å². The van der Waals surface area contributed by atoms with E-state index in [2.05, 4.69) is 103 Å². The van der Waals surface area contributed by atoms with Crippen molar-refractivity contribution < 1.29 is 4.58 Å². The highest BCUT2D eigenvalue weighted by molar-refractivity contribution is 6.37. The molecule has 0 amide bonds. The molecule has 0 aliphatic rings. The van der Waals surface area contributed by atoms with Crippen molar-refractivity contribution in [2.24, 2.45) is 4.99 Å². The van der Waals surface area contributed by atoms with Gasteiger partial charge in [0.15, 0.2) is 12.3 Å². The van der Waals surface area contributed by atoms with Gasteiger partial charge in [0.1, 0.15) is 12.8 Å². The molecule has 0 bridgehead atoms. The zero-order valence-corrected chi connectivity index (χ0v) is 18.3. The fourth-order valence-corrected chi connectivity index (χ4v) is 3.83. The molecule has 2 nitrogen and oxygen atoms in total. The molecule has 27 heavy (non-hydrogen) atoms. The first-order valence-corrected chi connectivity index (χ1v) is 10.0. The fraction of sp³-hybridized carbons (Fsp3) is 0.440. The van der Waals surface area contributed by atoms with Crippen molar-refractivity contribution in [3.8, 4) is 0 Å². The second kappa shape index (κ2) is 9.12. The number of rotatable bonds is 6. The molecule has 2 atom stereocenters. The summed E-state index contributed by atoms with van der Waals surface area (Å²) in [6.07, 6.45) is 2.23. The van der Waals surface area contributed by atoms with Gasteiger partial charge in [-0.2, -0.15) is 0 Å². The topological polar surface area (TPSA) is 15.4 Å². The van der Waals surface area contributed by atoms with Crippen molar-refractivity contribution in [1.29, 1.82) is 0 Å². The van der Waals surface area contributed by atoms with Crippen molar-refractivity contribution >= 4 is 11.9 Å². The summed E-state index contributed by atoms with van der Waals surface area (Å²) in [5.74, 6) is 0.438. The van der Waals surface area contributed by atoms with Gasteiger partial charge in [-0.3, -0.25) is 4.99 Å². The Morgan fingerprint density at radius 3 is 2.19 bits per heavy atom. The third kappa shape index (κ3) is 4.94. The maximum Gasteiger partial charge on any atom is 0.189 e. The molecule has 0 aliphatic carbocycles. The summed E-state index contributed by atoms with van der Waals surface area (Å²) in [5.41, 5.74) is 9.02. The van der Waals surface area contributed by atoms with Crippen LogP contribution >= 0.6 is 0 Å². The van der Waals surface area contributed by atoms with Gasteiger partial charge in [-0.05, 0) is 63.8 Å². The van der Waals surface area contributed by atoms with E-state index in [-0.39, 0.29) is 0 Å². The molecule has 0 heterocycles. The van der Waals surface area contributed by atoms with Gasteiger partial charge in [0, 0.05) is 18.0 Å². The molecular formula is C25H35N2+. The zero-order valence-electron chi connectivity index (χ0n) is 18.3. The van der Waals surface area contributed by atoms with Crippen LogP contribution in [0.25, 0.3) is 0 Å². The highest BCUT2D eigenvalue weighted by Gasteiger charge is 2.24. The lowest BCUT2D eigenvalue weighted by atomic mass is 9.90. The summed E-state index contributed by atoms with van der Waals surface area (Å²) in [7, 11) is 2.17. The van der Waals surface area contributed by atoms with E-state index in [1.165, 1.54) is 33.4 Å². The second-order valence-corrected chi connectivity index (χ2v) is 7.81. The van der Waals surface area contributed by atoms with Crippen molar-refractivity contribution in [1.82, 2.24) is 0 Å². The van der Waals surface area contributed by atoms with Crippen LogP contribution in [0.3, 0.4) is 0 Å². The first-order valence-electron chi connectivity index (χ1n) is 10.0. The van der Waals surface area contributed by atoms with E-state index in [4.69, 9.17) is 4.99 Å². The SMILES string of the molecule is CC/N=C(\C=[N+](/C)C(C)C(C)c1ccc(C)cc1C)c1c(C)cccc1C. The van der Waals surface area contributed by atoms with Crippen LogP contribution in [0.4, 0.5) is 0 Å². The number of hydrogen-bond donors (Lipinski definition) is 0. The standard InChI is InChI=1S/C25H35N2/c1-9-26-24(25-18(3)11-10-12-19(25)4)16-27(8)22(7)21(6)23-14-13-17(2)15-20(23)5/h10-16,21-22H,9H2,1-8H3/q+1/b26-24+,27-16+. The van der Waals surface area contributed by atoms with E-state index in [9.17, 15) is 0 Å². The minimum atomic E-state index is 0.373. The molecule has 2 unspecified atom stereocenters. The number of aryl methyl sites for hydroxylation is 4. The summed E-state index contributed by atoms with van der Waals surface area (Å²) in [6.45, 7) is 16.2. The molecule has 0 radical (unpaired) electrons. The third-order valence-electron chi connectivity index (χ3n) is 5.67. The molecule has 0 aromatic heterocycles. The van der Waals surface area contributed by atoms with E-state index in [0.29, 0.717) is 12.0 Å². The maximum absolute atomic E-state index is 4.82. The Kier molecular flexibility index (Phi) is 7.12. The van der Waals surface area contributed by atoms with Crippen LogP contribution in [0.5, 0.6) is 0 Å². The molecule has 0 saturated heterocycles. The molecule has 0 fully saturated rings. The van der Waals surface area contributed by atoms with Crippen LogP contribution in [0.2, 0.25) is 0 Å². The van der Waals surface area contributed by atoms with Crippen LogP contribution in [0, 0.1) is 27.7 Å². The van der Waals surface area contributed by atoms with E-state index >= 15 is 0 Å². The van der Waals surface area contributed by atoms with Gasteiger partial charge in [0.2, 0.25) is 0 Å². The average molecular weight is 364 g/mol. The summed E-state index contributed by atoms with van der Waals surface area (Å²) < 4.78 is 2.32. The lowest BCUT2D eigenvalue weighted by Gasteiger charge is -2.20.